The summed E-state index contributed by atoms with van der Waals surface area (Å²) >= 11 is 1.48. The zero-order chi connectivity index (χ0) is 20.3. The number of rotatable bonds is 7. The van der Waals surface area contributed by atoms with Crippen LogP contribution >= 0.6 is 11.3 Å². The van der Waals surface area contributed by atoms with Gasteiger partial charge < -0.3 is 15.8 Å². The summed E-state index contributed by atoms with van der Waals surface area (Å²) in [6.45, 7) is 6.71. The first-order valence-electron chi connectivity index (χ1n) is 9.74. The number of anilines is 1. The first-order chi connectivity index (χ1) is 13.3. The standard InChI is InChI=1S/C22H28N2O3S/c1-4-22(2,3)14-10-11-16-17(12-14)28-21(19(16)20(23)26)24-18(25)13-27-15-8-6-5-7-9-15/h5-9,14H,4,10-13H2,1-3H3,(H2,23,26)(H,24,25). The van der Waals surface area contributed by atoms with Crippen molar-refractivity contribution in [2.24, 2.45) is 17.1 Å². The summed E-state index contributed by atoms with van der Waals surface area (Å²) in [7, 11) is 0. The van der Waals surface area contributed by atoms with Crippen LogP contribution in [0.15, 0.2) is 30.3 Å². The molecule has 1 aliphatic carbocycles. The molecule has 0 saturated carbocycles. The van der Waals surface area contributed by atoms with Crippen LogP contribution in [0, 0.1) is 11.3 Å². The van der Waals surface area contributed by atoms with Crippen LogP contribution in [0.3, 0.4) is 0 Å². The van der Waals surface area contributed by atoms with Crippen molar-refractivity contribution < 1.29 is 14.3 Å². The van der Waals surface area contributed by atoms with Gasteiger partial charge in [-0.25, -0.2) is 0 Å². The van der Waals surface area contributed by atoms with Crippen LogP contribution in [0.1, 0.15) is 54.4 Å². The molecule has 0 fully saturated rings. The SMILES string of the molecule is CCC(C)(C)C1CCc2c(sc(NC(=O)COc3ccccc3)c2C(N)=O)C1. The Morgan fingerprint density at radius 2 is 2.00 bits per heavy atom. The van der Waals surface area contributed by atoms with Gasteiger partial charge in [0, 0.05) is 4.88 Å². The van der Waals surface area contributed by atoms with Crippen molar-refractivity contribution in [3.8, 4) is 5.75 Å². The summed E-state index contributed by atoms with van der Waals surface area (Å²) in [6.07, 6.45) is 3.91. The van der Waals surface area contributed by atoms with Gasteiger partial charge in [-0.1, -0.05) is 45.4 Å². The molecule has 3 N–H and O–H groups in total. The first kappa shape index (κ1) is 20.4. The van der Waals surface area contributed by atoms with Crippen molar-refractivity contribution in [3.05, 3.63) is 46.3 Å². The van der Waals surface area contributed by atoms with Crippen LogP contribution in [0.25, 0.3) is 0 Å². The molecule has 1 unspecified atom stereocenters. The first-order valence-corrected chi connectivity index (χ1v) is 10.6. The molecule has 0 saturated heterocycles. The lowest BCUT2D eigenvalue weighted by molar-refractivity contribution is -0.118. The van der Waals surface area contributed by atoms with Crippen LogP contribution < -0.4 is 15.8 Å². The normalized spacial score (nSPS) is 16.3. The van der Waals surface area contributed by atoms with Crippen molar-refractivity contribution in [1.29, 1.82) is 0 Å². The second-order valence-corrected chi connectivity index (χ2v) is 9.11. The van der Waals surface area contributed by atoms with Crippen LogP contribution in [-0.4, -0.2) is 18.4 Å². The topological polar surface area (TPSA) is 81.4 Å². The number of primary amides is 1. The van der Waals surface area contributed by atoms with Crippen molar-refractivity contribution in [3.63, 3.8) is 0 Å². The molecule has 0 radical (unpaired) electrons. The van der Waals surface area contributed by atoms with Crippen LogP contribution in [0.5, 0.6) is 5.75 Å². The van der Waals surface area contributed by atoms with Gasteiger partial charge in [0.05, 0.1) is 5.56 Å². The highest BCUT2D eigenvalue weighted by Crippen LogP contribution is 2.45. The van der Waals surface area contributed by atoms with Gasteiger partial charge in [0.2, 0.25) is 0 Å². The molecule has 2 amide bonds. The Bertz CT molecular complexity index is 858. The Balaban J connectivity index is 1.75. The number of carbonyl (C=O) groups excluding carboxylic acids is 2. The predicted molar refractivity (Wildman–Crippen MR) is 113 cm³/mol. The molecule has 3 rings (SSSR count). The molecular weight excluding hydrogens is 372 g/mol. The Morgan fingerprint density at radius 3 is 2.64 bits per heavy atom. The largest absolute Gasteiger partial charge is 0.484 e. The molecule has 6 heteroatoms. The van der Waals surface area contributed by atoms with E-state index in [0.717, 1.165) is 31.2 Å². The van der Waals surface area contributed by atoms with E-state index in [1.165, 1.54) is 16.2 Å². The number of ether oxygens (including phenoxy) is 1. The summed E-state index contributed by atoms with van der Waals surface area (Å²) in [4.78, 5) is 25.6. The summed E-state index contributed by atoms with van der Waals surface area (Å²) in [5.41, 5.74) is 7.39. The maximum Gasteiger partial charge on any atom is 0.262 e. The maximum absolute atomic E-state index is 12.4. The monoisotopic (exact) mass is 400 g/mol. The van der Waals surface area contributed by atoms with E-state index in [-0.39, 0.29) is 17.9 Å². The number of hydrogen-bond acceptors (Lipinski definition) is 4. The number of thiophene rings is 1. The number of hydrogen-bond donors (Lipinski definition) is 2. The van der Waals surface area contributed by atoms with Gasteiger partial charge in [0.15, 0.2) is 6.61 Å². The van der Waals surface area contributed by atoms with Gasteiger partial charge in [0.25, 0.3) is 11.8 Å². The second kappa shape index (κ2) is 8.35. The van der Waals surface area contributed by atoms with Crippen molar-refractivity contribution in [1.82, 2.24) is 0 Å². The molecule has 1 aliphatic rings. The predicted octanol–water partition coefficient (Wildman–Crippen LogP) is 4.41. The summed E-state index contributed by atoms with van der Waals surface area (Å²) in [5, 5.41) is 3.39. The van der Waals surface area contributed by atoms with Crippen LogP contribution in [0.2, 0.25) is 0 Å². The Kier molecular flexibility index (Phi) is 6.08. The van der Waals surface area contributed by atoms with Gasteiger partial charge in [-0.2, -0.15) is 0 Å². The smallest absolute Gasteiger partial charge is 0.262 e. The Labute approximate surface area is 170 Å². The quantitative estimate of drug-likeness (QED) is 0.722. The fourth-order valence-electron chi connectivity index (χ4n) is 3.72. The minimum Gasteiger partial charge on any atom is -0.484 e. The summed E-state index contributed by atoms with van der Waals surface area (Å²) < 4.78 is 5.50. The highest BCUT2D eigenvalue weighted by molar-refractivity contribution is 7.17. The van der Waals surface area contributed by atoms with Gasteiger partial charge in [0.1, 0.15) is 10.8 Å². The van der Waals surface area contributed by atoms with Gasteiger partial charge in [-0.05, 0) is 48.3 Å². The molecule has 1 heterocycles. The third kappa shape index (κ3) is 4.38. The molecule has 150 valence electrons. The molecule has 2 aromatic rings. The van der Waals surface area contributed by atoms with E-state index >= 15 is 0 Å². The van der Waals surface area contributed by atoms with Gasteiger partial charge in [-0.15, -0.1) is 11.3 Å². The van der Waals surface area contributed by atoms with Crippen molar-refractivity contribution in [2.75, 3.05) is 11.9 Å². The third-order valence-corrected chi connectivity index (χ3v) is 7.06. The minimum absolute atomic E-state index is 0.115. The Hall–Kier alpha value is -2.34. The van der Waals surface area contributed by atoms with E-state index in [9.17, 15) is 9.59 Å². The Morgan fingerprint density at radius 1 is 1.29 bits per heavy atom. The summed E-state index contributed by atoms with van der Waals surface area (Å²) in [5.74, 6) is 0.414. The molecule has 1 aromatic heterocycles. The molecular formula is C22H28N2O3S. The lowest BCUT2D eigenvalue weighted by atomic mass is 9.69. The van der Waals surface area contributed by atoms with E-state index in [1.807, 2.05) is 18.2 Å². The third-order valence-electron chi connectivity index (χ3n) is 5.89. The number of fused-ring (bicyclic) bond motifs is 1. The van der Waals surface area contributed by atoms with Crippen molar-refractivity contribution in [2.45, 2.75) is 46.5 Å². The zero-order valence-corrected chi connectivity index (χ0v) is 17.5. The molecule has 28 heavy (non-hydrogen) atoms. The van der Waals surface area contributed by atoms with E-state index in [1.54, 1.807) is 12.1 Å². The highest BCUT2D eigenvalue weighted by atomic mass is 32.1. The average molecular weight is 401 g/mol. The lowest BCUT2D eigenvalue weighted by Crippen LogP contribution is -2.29. The molecule has 0 bridgehead atoms. The number of benzene rings is 1. The van der Waals surface area contributed by atoms with E-state index < -0.39 is 5.91 Å². The minimum atomic E-state index is -0.482. The van der Waals surface area contributed by atoms with Gasteiger partial charge in [-0.3, -0.25) is 9.59 Å². The fourth-order valence-corrected chi connectivity index (χ4v) is 5.07. The van der Waals surface area contributed by atoms with Crippen LogP contribution in [0.4, 0.5) is 5.00 Å². The number of para-hydroxylation sites is 1. The average Bonchev–Trinajstić information content (AvgIpc) is 3.04. The fraction of sp³-hybridized carbons (Fsp3) is 0.455. The number of carbonyl (C=O) groups is 2. The van der Waals surface area contributed by atoms with Crippen molar-refractivity contribution >= 4 is 28.2 Å². The van der Waals surface area contributed by atoms with Crippen LogP contribution in [-0.2, 0) is 17.6 Å². The molecule has 5 nitrogen and oxygen atoms in total. The van der Waals surface area contributed by atoms with Gasteiger partial charge >= 0.3 is 0 Å². The summed E-state index contributed by atoms with van der Waals surface area (Å²) in [6, 6.07) is 9.17. The highest BCUT2D eigenvalue weighted by Gasteiger charge is 2.34. The number of amides is 2. The zero-order valence-electron chi connectivity index (χ0n) is 16.7. The molecule has 0 aliphatic heterocycles. The number of nitrogens with two attached hydrogens (primary N) is 1. The maximum atomic E-state index is 12.4. The van der Waals surface area contributed by atoms with E-state index in [4.69, 9.17) is 10.5 Å². The van der Waals surface area contributed by atoms with E-state index in [0.29, 0.717) is 22.2 Å². The molecule has 0 spiro atoms. The number of nitrogens with one attached hydrogen (secondary N) is 1. The lowest BCUT2D eigenvalue weighted by Gasteiger charge is -2.36. The molecule has 1 aromatic carbocycles. The molecule has 1 atom stereocenters. The van der Waals surface area contributed by atoms with E-state index in [2.05, 4.69) is 26.1 Å². The second-order valence-electron chi connectivity index (χ2n) is 8.00.